The Morgan fingerprint density at radius 2 is 1.88 bits per heavy atom. The van der Waals surface area contributed by atoms with Crippen LogP contribution in [-0.2, 0) is 6.61 Å². The topological polar surface area (TPSA) is 69.2 Å². The molecule has 2 heterocycles. The van der Waals surface area contributed by atoms with Crippen molar-refractivity contribution in [2.24, 2.45) is 0 Å². The Morgan fingerprint density at radius 1 is 1.03 bits per heavy atom. The number of hydrogen-bond donors (Lipinski definition) is 1. The van der Waals surface area contributed by atoms with Crippen LogP contribution in [0, 0.1) is 0 Å². The molecule has 0 saturated carbocycles. The average Bonchev–Trinajstić information content (AvgIpc) is 3.00. The number of aromatic nitrogens is 3. The molecule has 33 heavy (non-hydrogen) atoms. The molecule has 8 heteroatoms. The van der Waals surface area contributed by atoms with Gasteiger partial charge in [-0.25, -0.2) is 0 Å². The van der Waals surface area contributed by atoms with Crippen molar-refractivity contribution in [3.05, 3.63) is 88.4 Å². The number of halogens is 1. The lowest BCUT2D eigenvalue weighted by Crippen LogP contribution is -2.18. The summed E-state index contributed by atoms with van der Waals surface area (Å²) in [6.45, 7) is 2.50. The van der Waals surface area contributed by atoms with Gasteiger partial charge in [0, 0.05) is 15.7 Å². The minimum absolute atomic E-state index is 0.442. The Bertz CT molecular complexity index is 1290. The van der Waals surface area contributed by atoms with Gasteiger partial charge in [0.05, 0.1) is 5.56 Å². The van der Waals surface area contributed by atoms with Crippen molar-refractivity contribution < 1.29 is 9.47 Å². The fraction of sp³-hybridized carbons (Fsp3) is 0.160. The lowest BCUT2D eigenvalue weighted by atomic mass is 10.1. The highest BCUT2D eigenvalue weighted by molar-refractivity contribution is 9.10. The molecule has 1 aliphatic heterocycles. The highest BCUT2D eigenvalue weighted by Gasteiger charge is 2.27. The van der Waals surface area contributed by atoms with Gasteiger partial charge in [-0.1, -0.05) is 77.1 Å². The van der Waals surface area contributed by atoms with Crippen molar-refractivity contribution in [2.75, 3.05) is 11.1 Å². The number of ether oxygens (including phenoxy) is 2. The van der Waals surface area contributed by atoms with Crippen molar-refractivity contribution in [3.8, 4) is 22.9 Å². The molecule has 166 valence electrons. The zero-order valence-electron chi connectivity index (χ0n) is 17.9. The zero-order valence-corrected chi connectivity index (χ0v) is 20.3. The van der Waals surface area contributed by atoms with E-state index in [-0.39, 0.29) is 0 Å². The third kappa shape index (κ3) is 4.82. The van der Waals surface area contributed by atoms with E-state index in [2.05, 4.69) is 43.4 Å². The van der Waals surface area contributed by atoms with Gasteiger partial charge >= 0.3 is 0 Å². The average molecular weight is 521 g/mol. The highest BCUT2D eigenvalue weighted by Crippen LogP contribution is 2.41. The van der Waals surface area contributed by atoms with Crippen LogP contribution in [0.4, 0.5) is 5.69 Å². The predicted octanol–water partition coefficient (Wildman–Crippen LogP) is 6.50. The van der Waals surface area contributed by atoms with Crippen molar-refractivity contribution in [1.29, 1.82) is 0 Å². The van der Waals surface area contributed by atoms with E-state index in [1.165, 1.54) is 11.8 Å². The van der Waals surface area contributed by atoms with E-state index >= 15 is 0 Å². The van der Waals surface area contributed by atoms with Crippen LogP contribution >= 0.6 is 27.7 Å². The van der Waals surface area contributed by atoms with Gasteiger partial charge in [0.15, 0.2) is 5.69 Å². The van der Waals surface area contributed by atoms with Crippen LogP contribution in [0.2, 0.25) is 0 Å². The van der Waals surface area contributed by atoms with Crippen LogP contribution in [0.1, 0.15) is 24.3 Å². The van der Waals surface area contributed by atoms with Gasteiger partial charge in [-0.05, 0) is 41.6 Å². The van der Waals surface area contributed by atoms with Crippen LogP contribution in [0.3, 0.4) is 0 Å². The molecular weight excluding hydrogens is 500 g/mol. The summed E-state index contributed by atoms with van der Waals surface area (Å²) < 4.78 is 13.6. The number of nitrogens with one attached hydrogen (secondary N) is 1. The van der Waals surface area contributed by atoms with Gasteiger partial charge in [-0.2, -0.15) is 4.98 Å². The van der Waals surface area contributed by atoms with E-state index in [1.807, 2.05) is 72.8 Å². The highest BCUT2D eigenvalue weighted by atomic mass is 79.9. The summed E-state index contributed by atoms with van der Waals surface area (Å²) in [5.74, 6) is 2.04. The fourth-order valence-electron chi connectivity index (χ4n) is 3.59. The van der Waals surface area contributed by atoms with E-state index in [9.17, 15) is 0 Å². The summed E-state index contributed by atoms with van der Waals surface area (Å²) in [7, 11) is 0. The SMILES string of the molecule is CCSc1nnc2c(n1)O[C@H](c1ccccc1OCc1cccc(Br)c1)Nc1ccccc1-2. The molecular formula is C25H21BrN4O2S. The Kier molecular flexibility index (Phi) is 6.46. The van der Waals surface area contributed by atoms with Gasteiger partial charge in [0.25, 0.3) is 0 Å². The van der Waals surface area contributed by atoms with E-state index in [1.54, 1.807) is 0 Å². The van der Waals surface area contributed by atoms with Gasteiger partial charge in [-0.3, -0.25) is 0 Å². The van der Waals surface area contributed by atoms with Crippen molar-refractivity contribution in [1.82, 2.24) is 15.2 Å². The fourth-order valence-corrected chi connectivity index (χ4v) is 4.55. The second-order valence-electron chi connectivity index (χ2n) is 7.33. The van der Waals surface area contributed by atoms with E-state index < -0.39 is 6.23 Å². The van der Waals surface area contributed by atoms with Crippen LogP contribution in [0.25, 0.3) is 11.3 Å². The first-order valence-electron chi connectivity index (χ1n) is 10.6. The summed E-state index contributed by atoms with van der Waals surface area (Å²) in [5.41, 5.74) is 4.36. The number of hydrogen-bond acceptors (Lipinski definition) is 7. The maximum absolute atomic E-state index is 6.40. The monoisotopic (exact) mass is 520 g/mol. The van der Waals surface area contributed by atoms with Crippen LogP contribution in [-0.4, -0.2) is 20.9 Å². The van der Waals surface area contributed by atoms with Crippen molar-refractivity contribution >= 4 is 33.4 Å². The molecule has 1 aliphatic rings. The molecule has 1 aromatic heterocycles. The molecule has 1 N–H and O–H groups in total. The number of benzene rings is 3. The first-order chi connectivity index (χ1) is 16.2. The Hall–Kier alpha value is -3.10. The summed E-state index contributed by atoms with van der Waals surface area (Å²) in [4.78, 5) is 4.65. The molecule has 0 radical (unpaired) electrons. The number of fused-ring (bicyclic) bond motifs is 3. The molecule has 6 nitrogen and oxygen atoms in total. The Labute approximate surface area is 204 Å². The number of rotatable bonds is 6. The number of nitrogens with zero attached hydrogens (tertiary/aromatic N) is 3. The van der Waals surface area contributed by atoms with Crippen LogP contribution in [0.15, 0.2) is 82.4 Å². The second-order valence-corrected chi connectivity index (χ2v) is 9.47. The summed E-state index contributed by atoms with van der Waals surface area (Å²) in [6, 6.07) is 23.9. The number of anilines is 1. The minimum atomic E-state index is -0.512. The van der Waals surface area contributed by atoms with Crippen molar-refractivity contribution in [2.45, 2.75) is 24.9 Å². The maximum Gasteiger partial charge on any atom is 0.247 e. The molecule has 5 rings (SSSR count). The standard InChI is InChI=1S/C25H21BrN4O2S/c1-2-33-25-28-24-22(29-30-25)18-10-3-5-12-20(18)27-23(32-24)19-11-4-6-13-21(19)31-15-16-8-7-9-17(26)14-16/h3-14,23,27H,2,15H2,1H3/t23-/m1/s1. The number of para-hydroxylation sites is 2. The summed E-state index contributed by atoms with van der Waals surface area (Å²) in [5, 5.41) is 12.8. The smallest absolute Gasteiger partial charge is 0.247 e. The second kappa shape index (κ2) is 9.80. The first-order valence-corrected chi connectivity index (χ1v) is 12.4. The predicted molar refractivity (Wildman–Crippen MR) is 134 cm³/mol. The molecule has 0 unspecified atom stereocenters. The third-order valence-corrected chi connectivity index (χ3v) is 6.30. The third-order valence-electron chi connectivity index (χ3n) is 5.09. The molecule has 0 saturated heterocycles. The molecule has 0 bridgehead atoms. The van der Waals surface area contributed by atoms with Crippen molar-refractivity contribution in [3.63, 3.8) is 0 Å². The van der Waals surface area contributed by atoms with E-state index in [4.69, 9.17) is 9.47 Å². The summed E-state index contributed by atoms with van der Waals surface area (Å²) >= 11 is 5.05. The molecule has 4 aromatic rings. The first kappa shape index (κ1) is 21.7. The molecule has 1 atom stereocenters. The molecule has 3 aromatic carbocycles. The maximum atomic E-state index is 6.40. The van der Waals surface area contributed by atoms with Gasteiger partial charge in [-0.15, -0.1) is 10.2 Å². The molecule has 0 fully saturated rings. The number of thioether (sulfide) groups is 1. The Balaban J connectivity index is 1.50. The Morgan fingerprint density at radius 3 is 2.76 bits per heavy atom. The molecule has 0 amide bonds. The van der Waals surface area contributed by atoms with Crippen LogP contribution in [0.5, 0.6) is 11.6 Å². The molecule has 0 spiro atoms. The zero-order chi connectivity index (χ0) is 22.6. The summed E-state index contributed by atoms with van der Waals surface area (Å²) in [6.07, 6.45) is -0.512. The lowest BCUT2D eigenvalue weighted by molar-refractivity contribution is 0.214. The molecule has 0 aliphatic carbocycles. The van der Waals surface area contributed by atoms with Gasteiger partial charge in [0.1, 0.15) is 12.4 Å². The largest absolute Gasteiger partial charge is 0.488 e. The lowest BCUT2D eigenvalue weighted by Gasteiger charge is -2.22. The van der Waals surface area contributed by atoms with E-state index in [0.717, 1.165) is 38.4 Å². The normalized spacial score (nSPS) is 14.3. The van der Waals surface area contributed by atoms with Crippen LogP contribution < -0.4 is 14.8 Å². The minimum Gasteiger partial charge on any atom is -0.488 e. The van der Waals surface area contributed by atoms with Gasteiger partial charge < -0.3 is 14.8 Å². The van der Waals surface area contributed by atoms with E-state index in [0.29, 0.717) is 23.3 Å². The van der Waals surface area contributed by atoms with Gasteiger partial charge in [0.2, 0.25) is 17.3 Å². The quantitative estimate of drug-likeness (QED) is 0.291.